The molecule has 1 unspecified atom stereocenters. The van der Waals surface area contributed by atoms with Crippen LogP contribution in [0.4, 0.5) is 4.39 Å². The highest BCUT2D eigenvalue weighted by Gasteiger charge is 2.29. The summed E-state index contributed by atoms with van der Waals surface area (Å²) in [7, 11) is 1.80. The summed E-state index contributed by atoms with van der Waals surface area (Å²) in [5, 5.41) is 3.35. The van der Waals surface area contributed by atoms with Gasteiger partial charge >= 0.3 is 0 Å². The van der Waals surface area contributed by atoms with Gasteiger partial charge in [0.05, 0.1) is 6.61 Å². The van der Waals surface area contributed by atoms with Crippen molar-refractivity contribution in [3.8, 4) is 5.75 Å². The van der Waals surface area contributed by atoms with Gasteiger partial charge < -0.3 is 15.0 Å². The van der Waals surface area contributed by atoms with Crippen LogP contribution in [0.25, 0.3) is 0 Å². The summed E-state index contributed by atoms with van der Waals surface area (Å²) >= 11 is 0. The van der Waals surface area contributed by atoms with E-state index in [4.69, 9.17) is 4.74 Å². The van der Waals surface area contributed by atoms with E-state index in [2.05, 4.69) is 32.3 Å². The van der Waals surface area contributed by atoms with Crippen LogP contribution in [-0.2, 0) is 6.54 Å². The number of rotatable bonds is 5. The van der Waals surface area contributed by atoms with Crippen LogP contribution >= 0.6 is 24.0 Å². The first-order valence-corrected chi connectivity index (χ1v) is 8.97. The first-order chi connectivity index (χ1) is 12.2. The SMILES string of the molecule is CCOc1ccc(CNC(=NC)N2CCC(N3CC=CC3)C2)cc1F.I. The van der Waals surface area contributed by atoms with E-state index in [0.717, 1.165) is 44.1 Å². The zero-order valence-electron chi connectivity index (χ0n) is 15.4. The van der Waals surface area contributed by atoms with Crippen molar-refractivity contribution in [2.24, 2.45) is 4.99 Å². The van der Waals surface area contributed by atoms with Gasteiger partial charge in [0.2, 0.25) is 0 Å². The fourth-order valence-electron chi connectivity index (χ4n) is 3.47. The second kappa shape index (κ2) is 10.1. The molecule has 0 spiro atoms. The number of aliphatic imine (C=N–C) groups is 1. The van der Waals surface area contributed by atoms with Crippen molar-refractivity contribution < 1.29 is 9.13 Å². The van der Waals surface area contributed by atoms with Crippen LogP contribution in [0.1, 0.15) is 18.9 Å². The summed E-state index contributed by atoms with van der Waals surface area (Å²) in [4.78, 5) is 9.18. The van der Waals surface area contributed by atoms with Crippen molar-refractivity contribution in [3.63, 3.8) is 0 Å². The maximum Gasteiger partial charge on any atom is 0.193 e. The van der Waals surface area contributed by atoms with Gasteiger partial charge in [-0.25, -0.2) is 4.39 Å². The van der Waals surface area contributed by atoms with Crippen LogP contribution in [-0.4, -0.2) is 61.6 Å². The molecule has 1 fully saturated rings. The van der Waals surface area contributed by atoms with E-state index < -0.39 is 0 Å². The van der Waals surface area contributed by atoms with Gasteiger partial charge in [-0.15, -0.1) is 24.0 Å². The molecular formula is C19H28FIN4O. The van der Waals surface area contributed by atoms with Crippen LogP contribution in [0.15, 0.2) is 35.3 Å². The fourth-order valence-corrected chi connectivity index (χ4v) is 3.47. The predicted octanol–water partition coefficient (Wildman–Crippen LogP) is 2.86. The molecule has 3 rings (SSSR count). The van der Waals surface area contributed by atoms with E-state index in [0.29, 0.717) is 24.9 Å². The topological polar surface area (TPSA) is 40.1 Å². The maximum absolute atomic E-state index is 14.0. The summed E-state index contributed by atoms with van der Waals surface area (Å²) in [6.07, 6.45) is 5.62. The molecule has 0 amide bonds. The van der Waals surface area contributed by atoms with E-state index in [1.807, 2.05) is 13.0 Å². The lowest BCUT2D eigenvalue weighted by molar-refractivity contribution is 0.259. The molecule has 5 nitrogen and oxygen atoms in total. The molecule has 0 aliphatic carbocycles. The normalized spacial score (nSPS) is 20.3. The van der Waals surface area contributed by atoms with Gasteiger partial charge in [-0.05, 0) is 31.0 Å². The molecular weight excluding hydrogens is 446 g/mol. The van der Waals surface area contributed by atoms with Gasteiger partial charge in [-0.2, -0.15) is 0 Å². The summed E-state index contributed by atoms with van der Waals surface area (Å²) < 4.78 is 19.2. The molecule has 1 aromatic carbocycles. The molecule has 144 valence electrons. The van der Waals surface area contributed by atoms with E-state index in [1.54, 1.807) is 13.1 Å². The van der Waals surface area contributed by atoms with Crippen molar-refractivity contribution >= 4 is 29.9 Å². The highest BCUT2D eigenvalue weighted by molar-refractivity contribution is 14.0. The molecule has 0 saturated carbocycles. The second-order valence-corrected chi connectivity index (χ2v) is 6.41. The number of hydrogen-bond acceptors (Lipinski definition) is 3. The van der Waals surface area contributed by atoms with Gasteiger partial charge in [0, 0.05) is 45.8 Å². The number of benzene rings is 1. The van der Waals surface area contributed by atoms with Crippen molar-refractivity contribution in [3.05, 3.63) is 41.7 Å². The quantitative estimate of drug-likeness (QED) is 0.309. The van der Waals surface area contributed by atoms with E-state index in [1.165, 1.54) is 6.07 Å². The molecule has 2 aliphatic rings. The first-order valence-electron chi connectivity index (χ1n) is 8.97. The Morgan fingerprint density at radius 2 is 2.12 bits per heavy atom. The van der Waals surface area contributed by atoms with Crippen LogP contribution in [0, 0.1) is 5.82 Å². The van der Waals surface area contributed by atoms with Crippen LogP contribution in [0.5, 0.6) is 5.75 Å². The molecule has 7 heteroatoms. The Hall–Kier alpha value is -1.35. The predicted molar refractivity (Wildman–Crippen MR) is 114 cm³/mol. The van der Waals surface area contributed by atoms with E-state index in [-0.39, 0.29) is 29.8 Å². The molecule has 1 aromatic rings. The van der Waals surface area contributed by atoms with E-state index >= 15 is 0 Å². The second-order valence-electron chi connectivity index (χ2n) is 6.41. The zero-order chi connectivity index (χ0) is 17.6. The Morgan fingerprint density at radius 3 is 2.77 bits per heavy atom. The fraction of sp³-hybridized carbons (Fsp3) is 0.526. The molecule has 0 aromatic heterocycles. The minimum absolute atomic E-state index is 0. The molecule has 26 heavy (non-hydrogen) atoms. The lowest BCUT2D eigenvalue weighted by atomic mass is 10.2. The zero-order valence-corrected chi connectivity index (χ0v) is 17.8. The van der Waals surface area contributed by atoms with Crippen LogP contribution < -0.4 is 10.1 Å². The molecule has 0 radical (unpaired) electrons. The largest absolute Gasteiger partial charge is 0.491 e. The number of likely N-dealkylation sites (tertiary alicyclic amines) is 1. The standard InChI is InChI=1S/C19H27FN4O.HI/c1-3-25-18-7-6-15(12-17(18)20)13-22-19(21-2)24-11-8-16(14-24)23-9-4-5-10-23;/h4-7,12,16H,3,8-11,13-14H2,1-2H3,(H,21,22);1H. The molecule has 1 saturated heterocycles. The third-order valence-electron chi connectivity index (χ3n) is 4.78. The van der Waals surface area contributed by atoms with Crippen molar-refractivity contribution in [1.29, 1.82) is 0 Å². The number of nitrogens with one attached hydrogen (secondary N) is 1. The monoisotopic (exact) mass is 474 g/mol. The Balaban J connectivity index is 0.00000243. The van der Waals surface area contributed by atoms with Crippen LogP contribution in [0.3, 0.4) is 0 Å². The van der Waals surface area contributed by atoms with Gasteiger partial charge in [0.15, 0.2) is 17.5 Å². The highest BCUT2D eigenvalue weighted by atomic mass is 127. The number of halogens is 2. The number of ether oxygens (including phenoxy) is 1. The molecule has 1 atom stereocenters. The number of nitrogens with zero attached hydrogens (tertiary/aromatic N) is 3. The van der Waals surface area contributed by atoms with Gasteiger partial charge in [0.1, 0.15) is 0 Å². The molecule has 2 heterocycles. The average molecular weight is 474 g/mol. The third-order valence-corrected chi connectivity index (χ3v) is 4.78. The summed E-state index contributed by atoms with van der Waals surface area (Å²) in [5.74, 6) is 0.861. The minimum Gasteiger partial charge on any atom is -0.491 e. The summed E-state index contributed by atoms with van der Waals surface area (Å²) in [6.45, 7) is 6.94. The Morgan fingerprint density at radius 1 is 1.35 bits per heavy atom. The number of guanidine groups is 1. The number of hydrogen-bond donors (Lipinski definition) is 1. The smallest absolute Gasteiger partial charge is 0.193 e. The first kappa shape index (κ1) is 21.0. The maximum atomic E-state index is 14.0. The van der Waals surface area contributed by atoms with Crippen molar-refractivity contribution in [2.75, 3.05) is 39.8 Å². The van der Waals surface area contributed by atoms with Gasteiger partial charge in [-0.1, -0.05) is 18.2 Å². The molecule has 2 aliphatic heterocycles. The Bertz CT molecular complexity index is 644. The lowest BCUT2D eigenvalue weighted by Crippen LogP contribution is -2.42. The van der Waals surface area contributed by atoms with Crippen LogP contribution in [0.2, 0.25) is 0 Å². The van der Waals surface area contributed by atoms with Gasteiger partial charge in [-0.3, -0.25) is 9.89 Å². The molecule has 0 bridgehead atoms. The summed E-state index contributed by atoms with van der Waals surface area (Å²) in [5.41, 5.74) is 0.876. The lowest BCUT2D eigenvalue weighted by Gasteiger charge is -2.25. The van der Waals surface area contributed by atoms with Crippen molar-refractivity contribution in [2.45, 2.75) is 25.9 Å². The minimum atomic E-state index is -0.320. The summed E-state index contributed by atoms with van der Waals surface area (Å²) in [6, 6.07) is 5.67. The van der Waals surface area contributed by atoms with Crippen molar-refractivity contribution in [1.82, 2.24) is 15.1 Å². The third kappa shape index (κ3) is 5.09. The van der Waals surface area contributed by atoms with Gasteiger partial charge in [0.25, 0.3) is 0 Å². The Kier molecular flexibility index (Phi) is 8.15. The highest BCUT2D eigenvalue weighted by Crippen LogP contribution is 2.19. The molecule has 1 N–H and O–H groups in total. The average Bonchev–Trinajstić information content (AvgIpc) is 3.29. The Labute approximate surface area is 172 Å². The van der Waals surface area contributed by atoms with E-state index in [9.17, 15) is 4.39 Å².